The first kappa shape index (κ1) is 18.2. The summed E-state index contributed by atoms with van der Waals surface area (Å²) in [4.78, 5) is 20.7. The van der Waals surface area contributed by atoms with Gasteiger partial charge in [0.05, 0.1) is 16.3 Å². The molecule has 3 aromatic rings. The van der Waals surface area contributed by atoms with Gasteiger partial charge in [-0.25, -0.2) is 4.98 Å². The van der Waals surface area contributed by atoms with Crippen molar-refractivity contribution in [2.24, 2.45) is 11.7 Å². The van der Waals surface area contributed by atoms with Gasteiger partial charge in [0.25, 0.3) is 5.91 Å². The fraction of sp³-hybridized carbons (Fsp3) is 0.300. The number of nitrogens with one attached hydrogen (secondary N) is 1. The highest BCUT2D eigenvalue weighted by Gasteiger charge is 2.22. The fourth-order valence-electron chi connectivity index (χ4n) is 3.41. The summed E-state index contributed by atoms with van der Waals surface area (Å²) in [6, 6.07) is 12.0. The molecule has 0 saturated carbocycles. The molecule has 27 heavy (non-hydrogen) atoms. The van der Waals surface area contributed by atoms with Gasteiger partial charge >= 0.3 is 0 Å². The average molecular weight is 399 g/mol. The summed E-state index contributed by atoms with van der Waals surface area (Å²) in [7, 11) is 0. The molecule has 4 rings (SSSR count). The standard InChI is InChI=1S/C20H22N4OS2/c21-11-14-5-3-9-24(12-14)17-7-2-1-6-15(17)22-19(25)16-13-27-20(23-16)18-8-4-10-26-18/h1-2,4,6-8,10,13-14H,3,5,9,11-12,21H2,(H,22,25)/t14-/m1/s1. The molecule has 1 amide bonds. The normalized spacial score (nSPS) is 17.1. The number of hydrogen-bond donors (Lipinski definition) is 2. The number of rotatable bonds is 5. The predicted molar refractivity (Wildman–Crippen MR) is 114 cm³/mol. The summed E-state index contributed by atoms with van der Waals surface area (Å²) in [5.74, 6) is 0.336. The van der Waals surface area contributed by atoms with Crippen LogP contribution in [0.5, 0.6) is 0 Å². The first-order chi connectivity index (χ1) is 13.2. The number of carbonyl (C=O) groups excluding carboxylic acids is 1. The van der Waals surface area contributed by atoms with Crippen LogP contribution in [0.3, 0.4) is 0 Å². The Morgan fingerprint density at radius 3 is 2.96 bits per heavy atom. The lowest BCUT2D eigenvalue weighted by Gasteiger charge is -2.35. The van der Waals surface area contributed by atoms with E-state index in [2.05, 4.69) is 21.3 Å². The van der Waals surface area contributed by atoms with Crippen LogP contribution in [0.25, 0.3) is 9.88 Å². The van der Waals surface area contributed by atoms with Gasteiger partial charge in [0, 0.05) is 18.5 Å². The summed E-state index contributed by atoms with van der Waals surface area (Å²) in [6.45, 7) is 2.63. The largest absolute Gasteiger partial charge is 0.370 e. The van der Waals surface area contributed by atoms with Crippen LogP contribution in [0.4, 0.5) is 11.4 Å². The molecule has 1 aliphatic rings. The third-order valence-corrected chi connectivity index (χ3v) is 6.70. The van der Waals surface area contributed by atoms with E-state index in [1.807, 2.05) is 41.1 Å². The molecule has 1 aliphatic heterocycles. The van der Waals surface area contributed by atoms with Crippen molar-refractivity contribution in [1.82, 2.24) is 4.98 Å². The fourth-order valence-corrected chi connectivity index (χ4v) is 5.02. The van der Waals surface area contributed by atoms with Crippen LogP contribution < -0.4 is 16.0 Å². The van der Waals surface area contributed by atoms with Crippen LogP contribution in [-0.2, 0) is 0 Å². The molecule has 0 aliphatic carbocycles. The number of nitrogens with two attached hydrogens (primary N) is 1. The maximum atomic E-state index is 12.8. The molecule has 1 atom stereocenters. The summed E-state index contributed by atoms with van der Waals surface area (Å²) >= 11 is 3.12. The zero-order chi connectivity index (χ0) is 18.6. The minimum absolute atomic E-state index is 0.172. The van der Waals surface area contributed by atoms with Gasteiger partial charge in [0.1, 0.15) is 10.7 Å². The molecular formula is C20H22N4OS2. The Kier molecular flexibility index (Phi) is 5.52. The minimum atomic E-state index is -0.172. The van der Waals surface area contributed by atoms with Crippen LogP contribution in [0.1, 0.15) is 23.3 Å². The lowest BCUT2D eigenvalue weighted by Crippen LogP contribution is -2.38. The molecule has 0 unspecified atom stereocenters. The summed E-state index contributed by atoms with van der Waals surface area (Å²) in [6.07, 6.45) is 2.30. The topological polar surface area (TPSA) is 71.2 Å². The number of nitrogens with zero attached hydrogens (tertiary/aromatic N) is 2. The van der Waals surface area contributed by atoms with E-state index in [1.54, 1.807) is 11.3 Å². The van der Waals surface area contributed by atoms with Gasteiger partial charge in [-0.15, -0.1) is 22.7 Å². The predicted octanol–water partition coefficient (Wildman–Crippen LogP) is 4.30. The second kappa shape index (κ2) is 8.21. The van der Waals surface area contributed by atoms with Gasteiger partial charge in [-0.1, -0.05) is 18.2 Å². The monoisotopic (exact) mass is 398 g/mol. The van der Waals surface area contributed by atoms with Crippen LogP contribution in [0.15, 0.2) is 47.2 Å². The van der Waals surface area contributed by atoms with Gasteiger partial charge < -0.3 is 16.0 Å². The molecule has 0 spiro atoms. The minimum Gasteiger partial charge on any atom is -0.370 e. The number of piperidine rings is 1. The summed E-state index contributed by atoms with van der Waals surface area (Å²) in [5.41, 5.74) is 8.21. The van der Waals surface area contributed by atoms with E-state index < -0.39 is 0 Å². The van der Waals surface area contributed by atoms with Crippen molar-refractivity contribution in [1.29, 1.82) is 0 Å². The molecule has 1 saturated heterocycles. The number of thiazole rings is 1. The maximum Gasteiger partial charge on any atom is 0.275 e. The zero-order valence-corrected chi connectivity index (χ0v) is 16.6. The van der Waals surface area contributed by atoms with Crippen molar-refractivity contribution in [2.75, 3.05) is 29.9 Å². The van der Waals surface area contributed by atoms with E-state index in [1.165, 1.54) is 17.8 Å². The third-order valence-electron chi connectivity index (χ3n) is 4.81. The smallest absolute Gasteiger partial charge is 0.275 e. The van der Waals surface area contributed by atoms with Gasteiger partial charge in [0.2, 0.25) is 0 Å². The molecule has 1 aromatic carbocycles. The number of thiophene rings is 1. The molecule has 0 bridgehead atoms. The zero-order valence-electron chi connectivity index (χ0n) is 14.9. The van der Waals surface area contributed by atoms with Crippen LogP contribution in [-0.4, -0.2) is 30.5 Å². The number of benzene rings is 1. The van der Waals surface area contributed by atoms with Crippen molar-refractivity contribution in [2.45, 2.75) is 12.8 Å². The third kappa shape index (κ3) is 4.05. The number of carbonyl (C=O) groups is 1. The van der Waals surface area contributed by atoms with Crippen molar-refractivity contribution in [3.05, 3.63) is 52.9 Å². The first-order valence-electron chi connectivity index (χ1n) is 9.09. The van der Waals surface area contributed by atoms with E-state index >= 15 is 0 Å². The van der Waals surface area contributed by atoms with E-state index in [4.69, 9.17) is 5.73 Å². The highest BCUT2D eigenvalue weighted by atomic mass is 32.1. The van der Waals surface area contributed by atoms with Gasteiger partial charge in [-0.05, 0) is 48.9 Å². The Balaban J connectivity index is 1.52. The van der Waals surface area contributed by atoms with Crippen molar-refractivity contribution < 1.29 is 4.79 Å². The Morgan fingerprint density at radius 2 is 2.15 bits per heavy atom. The average Bonchev–Trinajstić information content (AvgIpc) is 3.40. The van der Waals surface area contributed by atoms with Crippen LogP contribution in [0, 0.1) is 5.92 Å². The molecule has 3 heterocycles. The highest BCUT2D eigenvalue weighted by molar-refractivity contribution is 7.20. The molecule has 5 nitrogen and oxygen atoms in total. The van der Waals surface area contributed by atoms with E-state index in [0.717, 1.165) is 40.8 Å². The van der Waals surface area contributed by atoms with Crippen molar-refractivity contribution in [3.63, 3.8) is 0 Å². The first-order valence-corrected chi connectivity index (χ1v) is 10.9. The van der Waals surface area contributed by atoms with Gasteiger partial charge in [0.15, 0.2) is 0 Å². The van der Waals surface area contributed by atoms with Crippen LogP contribution >= 0.6 is 22.7 Å². The van der Waals surface area contributed by atoms with Crippen molar-refractivity contribution >= 4 is 40.0 Å². The number of amides is 1. The number of aromatic nitrogens is 1. The number of para-hydroxylation sites is 2. The highest BCUT2D eigenvalue weighted by Crippen LogP contribution is 2.31. The summed E-state index contributed by atoms with van der Waals surface area (Å²) in [5, 5.41) is 7.76. The van der Waals surface area contributed by atoms with Crippen molar-refractivity contribution in [3.8, 4) is 9.88 Å². The van der Waals surface area contributed by atoms with E-state index in [0.29, 0.717) is 18.2 Å². The van der Waals surface area contributed by atoms with E-state index in [-0.39, 0.29) is 5.91 Å². The molecule has 7 heteroatoms. The molecular weight excluding hydrogens is 376 g/mol. The number of hydrogen-bond acceptors (Lipinski definition) is 6. The number of anilines is 2. The second-order valence-electron chi connectivity index (χ2n) is 6.68. The van der Waals surface area contributed by atoms with Gasteiger partial charge in [-0.3, -0.25) is 4.79 Å². The second-order valence-corrected chi connectivity index (χ2v) is 8.48. The van der Waals surface area contributed by atoms with Gasteiger partial charge in [-0.2, -0.15) is 0 Å². The lowest BCUT2D eigenvalue weighted by molar-refractivity contribution is 0.102. The van der Waals surface area contributed by atoms with E-state index in [9.17, 15) is 4.79 Å². The maximum absolute atomic E-state index is 12.8. The molecule has 0 radical (unpaired) electrons. The summed E-state index contributed by atoms with van der Waals surface area (Å²) < 4.78 is 0. The quantitative estimate of drug-likeness (QED) is 0.672. The molecule has 140 valence electrons. The molecule has 2 aromatic heterocycles. The molecule has 3 N–H and O–H groups in total. The molecule has 1 fully saturated rings. The Labute approximate surface area is 166 Å². The lowest BCUT2D eigenvalue weighted by atomic mass is 9.97. The van der Waals surface area contributed by atoms with Crippen LogP contribution in [0.2, 0.25) is 0 Å². The Bertz CT molecular complexity index is 906. The Morgan fingerprint density at radius 1 is 1.26 bits per heavy atom. The Hall–Kier alpha value is -2.22. The SMILES string of the molecule is NC[C@H]1CCCN(c2ccccc2NC(=O)c2csc(-c3cccs3)n2)C1.